The number of anilines is 1. The Hall–Kier alpha value is -1.85. The van der Waals surface area contributed by atoms with Gasteiger partial charge in [0.2, 0.25) is 0 Å². The van der Waals surface area contributed by atoms with E-state index in [9.17, 15) is 4.79 Å². The molecular weight excluding hydrogens is 354 g/mol. The molecule has 0 aliphatic heterocycles. The first-order chi connectivity index (χ1) is 10.1. The van der Waals surface area contributed by atoms with E-state index < -0.39 is 0 Å². The molecule has 2 heterocycles. The van der Waals surface area contributed by atoms with Crippen LogP contribution >= 0.6 is 27.5 Å². The van der Waals surface area contributed by atoms with Crippen molar-refractivity contribution in [2.45, 2.75) is 6.54 Å². The van der Waals surface area contributed by atoms with Gasteiger partial charge in [0.15, 0.2) is 0 Å². The zero-order valence-corrected chi connectivity index (χ0v) is 13.2. The molecule has 4 nitrogen and oxygen atoms in total. The fourth-order valence-corrected chi connectivity index (χ4v) is 2.57. The minimum Gasteiger partial charge on any atom is -0.379 e. The van der Waals surface area contributed by atoms with E-state index in [0.29, 0.717) is 22.9 Å². The lowest BCUT2D eigenvalue weighted by atomic mass is 10.3. The van der Waals surface area contributed by atoms with Crippen LogP contribution in [0, 0.1) is 0 Å². The Balaban J connectivity index is 1.88. The van der Waals surface area contributed by atoms with Crippen LogP contribution in [0.4, 0.5) is 5.69 Å². The molecule has 0 saturated heterocycles. The molecule has 3 rings (SSSR count). The second kappa shape index (κ2) is 5.87. The zero-order chi connectivity index (χ0) is 14.8. The van der Waals surface area contributed by atoms with E-state index in [1.807, 2.05) is 24.3 Å². The summed E-state index contributed by atoms with van der Waals surface area (Å²) >= 11 is 9.30. The highest BCUT2D eigenvalue weighted by Gasteiger charge is 2.03. The van der Waals surface area contributed by atoms with E-state index in [1.54, 1.807) is 18.3 Å². The molecule has 0 unspecified atom stereocenters. The van der Waals surface area contributed by atoms with Gasteiger partial charge in [0, 0.05) is 22.4 Å². The monoisotopic (exact) mass is 363 g/mol. The molecule has 0 saturated carbocycles. The highest BCUT2D eigenvalue weighted by atomic mass is 79.9. The minimum absolute atomic E-state index is 0.145. The molecule has 106 valence electrons. The number of hydrogen-bond donors (Lipinski definition) is 1. The SMILES string of the molecule is O=c1cc(CNc2cccc(Br)c2)nc2ccc(Cl)cn12. The molecule has 0 aliphatic carbocycles. The summed E-state index contributed by atoms with van der Waals surface area (Å²) in [6.45, 7) is 0.477. The van der Waals surface area contributed by atoms with Crippen LogP contribution in [0.2, 0.25) is 5.02 Å². The van der Waals surface area contributed by atoms with Crippen LogP contribution in [0.25, 0.3) is 5.65 Å². The number of benzene rings is 1. The Bertz CT molecular complexity index is 863. The Labute approximate surface area is 134 Å². The molecule has 3 aromatic rings. The Morgan fingerprint density at radius 3 is 2.90 bits per heavy atom. The highest BCUT2D eigenvalue weighted by Crippen LogP contribution is 2.16. The largest absolute Gasteiger partial charge is 0.379 e. The molecule has 0 amide bonds. The summed E-state index contributed by atoms with van der Waals surface area (Å²) in [5.41, 5.74) is 2.08. The molecule has 0 fully saturated rings. The van der Waals surface area contributed by atoms with E-state index in [-0.39, 0.29) is 5.56 Å². The average Bonchev–Trinajstić information content (AvgIpc) is 2.46. The van der Waals surface area contributed by atoms with Crippen LogP contribution in [-0.2, 0) is 6.54 Å². The summed E-state index contributed by atoms with van der Waals surface area (Å²) < 4.78 is 2.43. The minimum atomic E-state index is -0.145. The van der Waals surface area contributed by atoms with Gasteiger partial charge in [-0.2, -0.15) is 0 Å². The highest BCUT2D eigenvalue weighted by molar-refractivity contribution is 9.10. The van der Waals surface area contributed by atoms with Gasteiger partial charge >= 0.3 is 0 Å². The van der Waals surface area contributed by atoms with Crippen molar-refractivity contribution in [2.24, 2.45) is 0 Å². The van der Waals surface area contributed by atoms with Gasteiger partial charge in [0.25, 0.3) is 5.56 Å². The van der Waals surface area contributed by atoms with Crippen molar-refractivity contribution in [1.29, 1.82) is 0 Å². The Morgan fingerprint density at radius 1 is 1.24 bits per heavy atom. The van der Waals surface area contributed by atoms with Crippen molar-refractivity contribution in [3.63, 3.8) is 0 Å². The molecule has 21 heavy (non-hydrogen) atoms. The maximum Gasteiger partial charge on any atom is 0.258 e. The summed E-state index contributed by atoms with van der Waals surface area (Å²) in [5.74, 6) is 0. The number of nitrogens with zero attached hydrogens (tertiary/aromatic N) is 2. The second-order valence-electron chi connectivity index (χ2n) is 4.53. The van der Waals surface area contributed by atoms with Crippen LogP contribution in [-0.4, -0.2) is 9.38 Å². The number of nitrogens with one attached hydrogen (secondary N) is 1. The number of hydrogen-bond acceptors (Lipinski definition) is 3. The van der Waals surface area contributed by atoms with Crippen molar-refractivity contribution in [3.05, 3.63) is 74.2 Å². The zero-order valence-electron chi connectivity index (χ0n) is 10.9. The quantitative estimate of drug-likeness (QED) is 0.770. The fourth-order valence-electron chi connectivity index (χ4n) is 2.01. The van der Waals surface area contributed by atoms with E-state index in [4.69, 9.17) is 11.6 Å². The first kappa shape index (κ1) is 14.1. The third-order valence-electron chi connectivity index (χ3n) is 2.97. The lowest BCUT2D eigenvalue weighted by Crippen LogP contribution is -2.16. The van der Waals surface area contributed by atoms with Gasteiger partial charge < -0.3 is 5.32 Å². The van der Waals surface area contributed by atoms with Crippen LogP contribution in [0.5, 0.6) is 0 Å². The van der Waals surface area contributed by atoms with Crippen molar-refractivity contribution in [2.75, 3.05) is 5.32 Å². The number of fused-ring (bicyclic) bond motifs is 1. The van der Waals surface area contributed by atoms with Crippen LogP contribution in [0.15, 0.2) is 57.9 Å². The third-order valence-corrected chi connectivity index (χ3v) is 3.69. The van der Waals surface area contributed by atoms with Crippen molar-refractivity contribution in [3.8, 4) is 0 Å². The van der Waals surface area contributed by atoms with Crippen molar-refractivity contribution < 1.29 is 0 Å². The molecule has 0 spiro atoms. The van der Waals surface area contributed by atoms with E-state index >= 15 is 0 Å². The van der Waals surface area contributed by atoms with E-state index in [2.05, 4.69) is 26.2 Å². The molecule has 0 aliphatic rings. The molecule has 0 atom stereocenters. The van der Waals surface area contributed by atoms with Crippen molar-refractivity contribution in [1.82, 2.24) is 9.38 Å². The third kappa shape index (κ3) is 3.25. The number of aromatic nitrogens is 2. The maximum atomic E-state index is 12.0. The van der Waals surface area contributed by atoms with Crippen LogP contribution < -0.4 is 10.9 Å². The first-order valence-corrected chi connectivity index (χ1v) is 7.46. The van der Waals surface area contributed by atoms with Gasteiger partial charge in [-0.05, 0) is 30.3 Å². The normalized spacial score (nSPS) is 10.8. The Morgan fingerprint density at radius 2 is 2.10 bits per heavy atom. The molecule has 0 bridgehead atoms. The molecule has 1 N–H and O–H groups in total. The number of halogens is 2. The molecule has 0 radical (unpaired) electrons. The van der Waals surface area contributed by atoms with Crippen LogP contribution in [0.1, 0.15) is 5.69 Å². The summed E-state index contributed by atoms with van der Waals surface area (Å²) in [6, 6.07) is 12.8. The van der Waals surface area contributed by atoms with E-state index in [1.165, 1.54) is 10.5 Å². The molecule has 6 heteroatoms. The van der Waals surface area contributed by atoms with Gasteiger partial charge in [-0.25, -0.2) is 4.98 Å². The number of rotatable bonds is 3. The van der Waals surface area contributed by atoms with Gasteiger partial charge in [0.1, 0.15) is 5.65 Å². The Kier molecular flexibility index (Phi) is 3.94. The lowest BCUT2D eigenvalue weighted by molar-refractivity contribution is 0.971. The molecule has 1 aromatic carbocycles. The van der Waals surface area contributed by atoms with Gasteiger partial charge in [-0.1, -0.05) is 33.6 Å². The van der Waals surface area contributed by atoms with Gasteiger partial charge in [-0.3, -0.25) is 9.20 Å². The second-order valence-corrected chi connectivity index (χ2v) is 5.88. The van der Waals surface area contributed by atoms with Crippen LogP contribution in [0.3, 0.4) is 0 Å². The van der Waals surface area contributed by atoms with Gasteiger partial charge in [0.05, 0.1) is 17.3 Å². The van der Waals surface area contributed by atoms with E-state index in [0.717, 1.165) is 10.2 Å². The standard InChI is InChI=1S/C15H11BrClN3O/c16-10-2-1-3-12(6-10)18-8-13-7-15(21)20-9-11(17)4-5-14(20)19-13/h1-7,9,18H,8H2. The lowest BCUT2D eigenvalue weighted by Gasteiger charge is -2.07. The predicted molar refractivity (Wildman–Crippen MR) is 87.9 cm³/mol. The molecule has 2 aromatic heterocycles. The summed E-state index contributed by atoms with van der Waals surface area (Å²) in [6.07, 6.45) is 1.57. The summed E-state index contributed by atoms with van der Waals surface area (Å²) in [4.78, 5) is 16.5. The molecular formula is C15H11BrClN3O. The smallest absolute Gasteiger partial charge is 0.258 e. The topological polar surface area (TPSA) is 46.4 Å². The average molecular weight is 365 g/mol. The van der Waals surface area contributed by atoms with Gasteiger partial charge in [-0.15, -0.1) is 0 Å². The summed E-state index contributed by atoms with van der Waals surface area (Å²) in [5, 5.41) is 3.74. The fraction of sp³-hybridized carbons (Fsp3) is 0.0667. The number of pyridine rings is 1. The summed E-state index contributed by atoms with van der Waals surface area (Å²) in [7, 11) is 0. The predicted octanol–water partition coefficient (Wildman–Crippen LogP) is 3.72. The maximum absolute atomic E-state index is 12.0. The first-order valence-electron chi connectivity index (χ1n) is 6.29. The van der Waals surface area contributed by atoms with Crippen molar-refractivity contribution >= 4 is 38.9 Å².